The summed E-state index contributed by atoms with van der Waals surface area (Å²) in [5, 5.41) is 10.2. The number of aromatic hydroxyl groups is 1. The van der Waals surface area contributed by atoms with Gasteiger partial charge in [0.2, 0.25) is 5.88 Å². The van der Waals surface area contributed by atoms with Crippen molar-refractivity contribution in [1.29, 1.82) is 0 Å². The lowest BCUT2D eigenvalue weighted by Crippen LogP contribution is -2.16. The molecule has 2 rings (SSSR count). The molecule has 1 heterocycles. The summed E-state index contributed by atoms with van der Waals surface area (Å²) in [7, 11) is 0. The number of benzene rings is 1. The van der Waals surface area contributed by atoms with Gasteiger partial charge in [-0.2, -0.15) is 0 Å². The Balaban J connectivity index is 2.46. The first-order valence-electron chi connectivity index (χ1n) is 6.44. The standard InChI is InChI=1S/C16H16N2O2S/c1-3-10-18-15(20)13(14(19)17-16(18)21)9-8-12-6-4-11(2)5-7-12/h3-9,20H,1,10H2,2H3,(H,17,19,21). The maximum absolute atomic E-state index is 11.9. The molecule has 0 saturated heterocycles. The van der Waals surface area contributed by atoms with E-state index >= 15 is 0 Å². The van der Waals surface area contributed by atoms with Gasteiger partial charge >= 0.3 is 0 Å². The van der Waals surface area contributed by atoms with Crippen LogP contribution in [0.3, 0.4) is 0 Å². The third kappa shape index (κ3) is 3.38. The largest absolute Gasteiger partial charge is 0.494 e. The lowest BCUT2D eigenvalue weighted by molar-refractivity contribution is 0.413. The third-order valence-electron chi connectivity index (χ3n) is 3.04. The van der Waals surface area contributed by atoms with Crippen molar-refractivity contribution in [1.82, 2.24) is 9.55 Å². The molecule has 21 heavy (non-hydrogen) atoms. The van der Waals surface area contributed by atoms with Crippen molar-refractivity contribution >= 4 is 24.4 Å². The summed E-state index contributed by atoms with van der Waals surface area (Å²) >= 11 is 5.02. The molecule has 0 aliphatic rings. The average molecular weight is 300 g/mol. The van der Waals surface area contributed by atoms with Gasteiger partial charge in [0.05, 0.1) is 5.56 Å². The first-order valence-corrected chi connectivity index (χ1v) is 6.85. The van der Waals surface area contributed by atoms with E-state index in [9.17, 15) is 9.90 Å². The quantitative estimate of drug-likeness (QED) is 0.673. The van der Waals surface area contributed by atoms with Crippen LogP contribution in [0.4, 0.5) is 0 Å². The van der Waals surface area contributed by atoms with Crippen molar-refractivity contribution in [2.75, 3.05) is 0 Å². The zero-order valence-electron chi connectivity index (χ0n) is 11.7. The zero-order chi connectivity index (χ0) is 15.4. The fraction of sp³-hybridized carbons (Fsp3) is 0.125. The van der Waals surface area contributed by atoms with Gasteiger partial charge in [0, 0.05) is 6.54 Å². The van der Waals surface area contributed by atoms with Crippen molar-refractivity contribution < 1.29 is 5.11 Å². The van der Waals surface area contributed by atoms with Crippen LogP contribution in [0.2, 0.25) is 0 Å². The van der Waals surface area contributed by atoms with Crippen LogP contribution in [-0.4, -0.2) is 14.7 Å². The van der Waals surface area contributed by atoms with E-state index < -0.39 is 5.56 Å². The number of aromatic amines is 1. The Morgan fingerprint density at radius 3 is 2.62 bits per heavy atom. The molecule has 5 heteroatoms. The van der Waals surface area contributed by atoms with Crippen molar-refractivity contribution in [3.8, 4) is 5.88 Å². The smallest absolute Gasteiger partial charge is 0.262 e. The summed E-state index contributed by atoms with van der Waals surface area (Å²) in [6, 6.07) is 7.84. The molecule has 0 unspecified atom stereocenters. The van der Waals surface area contributed by atoms with Crippen LogP contribution in [0.1, 0.15) is 16.7 Å². The van der Waals surface area contributed by atoms with Gasteiger partial charge in [-0.15, -0.1) is 6.58 Å². The molecule has 0 radical (unpaired) electrons. The molecule has 4 nitrogen and oxygen atoms in total. The molecule has 0 saturated carbocycles. The lowest BCUT2D eigenvalue weighted by atomic mass is 10.1. The highest BCUT2D eigenvalue weighted by Crippen LogP contribution is 2.16. The Labute approximate surface area is 127 Å². The average Bonchev–Trinajstić information content (AvgIpc) is 2.45. The summed E-state index contributed by atoms with van der Waals surface area (Å²) in [6.07, 6.45) is 4.94. The number of H-pyrrole nitrogens is 1. The Kier molecular flexibility index (Phi) is 4.55. The van der Waals surface area contributed by atoms with Gasteiger partial charge in [-0.25, -0.2) is 0 Å². The topological polar surface area (TPSA) is 58.0 Å². The Morgan fingerprint density at radius 1 is 1.33 bits per heavy atom. The molecule has 2 N–H and O–H groups in total. The predicted octanol–water partition coefficient (Wildman–Crippen LogP) is 3.28. The highest BCUT2D eigenvalue weighted by Gasteiger charge is 2.08. The van der Waals surface area contributed by atoms with Crippen molar-refractivity contribution in [3.63, 3.8) is 0 Å². The number of nitrogens with zero attached hydrogens (tertiary/aromatic N) is 1. The first kappa shape index (κ1) is 15.0. The minimum absolute atomic E-state index is 0.160. The second-order valence-corrected chi connectivity index (χ2v) is 5.03. The van der Waals surface area contributed by atoms with E-state index in [0.717, 1.165) is 11.1 Å². The molecule has 1 aromatic carbocycles. The van der Waals surface area contributed by atoms with Crippen LogP contribution in [0.25, 0.3) is 12.2 Å². The summed E-state index contributed by atoms with van der Waals surface area (Å²) in [5.41, 5.74) is 1.86. The van der Waals surface area contributed by atoms with E-state index in [2.05, 4.69) is 11.6 Å². The second kappa shape index (κ2) is 6.37. The second-order valence-electron chi connectivity index (χ2n) is 4.64. The van der Waals surface area contributed by atoms with Gasteiger partial charge < -0.3 is 5.11 Å². The van der Waals surface area contributed by atoms with Gasteiger partial charge in [0.25, 0.3) is 5.56 Å². The van der Waals surface area contributed by atoms with E-state index in [0.29, 0.717) is 6.54 Å². The highest BCUT2D eigenvalue weighted by atomic mass is 32.1. The van der Waals surface area contributed by atoms with Crippen LogP contribution >= 0.6 is 12.2 Å². The molecule has 0 amide bonds. The maximum atomic E-state index is 11.9. The maximum Gasteiger partial charge on any atom is 0.262 e. The minimum Gasteiger partial charge on any atom is -0.494 e. The van der Waals surface area contributed by atoms with Crippen LogP contribution < -0.4 is 5.56 Å². The number of nitrogens with one attached hydrogen (secondary N) is 1. The fourth-order valence-corrected chi connectivity index (χ4v) is 2.13. The summed E-state index contributed by atoms with van der Waals surface area (Å²) < 4.78 is 1.59. The molecular weight excluding hydrogens is 284 g/mol. The fourth-order valence-electron chi connectivity index (χ4n) is 1.88. The molecule has 0 aliphatic heterocycles. The number of aryl methyl sites for hydroxylation is 1. The molecule has 0 bridgehead atoms. The predicted molar refractivity (Wildman–Crippen MR) is 87.9 cm³/mol. The molecule has 108 valence electrons. The van der Waals surface area contributed by atoms with Gasteiger partial charge in [-0.05, 0) is 30.8 Å². The normalized spacial score (nSPS) is 10.9. The Hall–Kier alpha value is -2.40. The lowest BCUT2D eigenvalue weighted by Gasteiger charge is -2.08. The van der Waals surface area contributed by atoms with E-state index in [1.54, 1.807) is 18.2 Å². The summed E-state index contributed by atoms with van der Waals surface area (Å²) in [6.45, 7) is 5.93. The van der Waals surface area contributed by atoms with E-state index in [4.69, 9.17) is 12.2 Å². The Morgan fingerprint density at radius 2 is 2.00 bits per heavy atom. The van der Waals surface area contributed by atoms with Gasteiger partial charge in [0.15, 0.2) is 4.77 Å². The number of rotatable bonds is 4. The van der Waals surface area contributed by atoms with Crippen molar-refractivity contribution in [2.24, 2.45) is 0 Å². The molecule has 0 fully saturated rings. The van der Waals surface area contributed by atoms with E-state index in [-0.39, 0.29) is 16.2 Å². The number of hydrogen-bond donors (Lipinski definition) is 2. The van der Waals surface area contributed by atoms with Crippen LogP contribution in [0.15, 0.2) is 41.7 Å². The molecule has 0 aliphatic carbocycles. The Bertz CT molecular complexity index is 799. The summed E-state index contributed by atoms with van der Waals surface area (Å²) in [4.78, 5) is 14.5. The van der Waals surface area contributed by atoms with E-state index in [1.165, 1.54) is 4.57 Å². The first-order chi connectivity index (χ1) is 10.0. The minimum atomic E-state index is -0.416. The van der Waals surface area contributed by atoms with Crippen molar-refractivity contribution in [3.05, 3.63) is 68.7 Å². The number of hydrogen-bond acceptors (Lipinski definition) is 3. The number of aromatic nitrogens is 2. The SMILES string of the molecule is C=CCn1c(O)c(C=Cc2ccc(C)cc2)c(=O)[nH]c1=S. The monoisotopic (exact) mass is 300 g/mol. The van der Waals surface area contributed by atoms with Gasteiger partial charge in [0.1, 0.15) is 0 Å². The molecule has 2 aromatic rings. The summed E-state index contributed by atoms with van der Waals surface area (Å²) in [5.74, 6) is -0.160. The van der Waals surface area contributed by atoms with Crippen molar-refractivity contribution in [2.45, 2.75) is 13.5 Å². The van der Waals surface area contributed by atoms with Crippen LogP contribution in [0, 0.1) is 11.7 Å². The third-order valence-corrected chi connectivity index (χ3v) is 3.36. The van der Waals surface area contributed by atoms with E-state index in [1.807, 2.05) is 31.2 Å². The highest BCUT2D eigenvalue weighted by molar-refractivity contribution is 7.71. The molecule has 1 aromatic heterocycles. The zero-order valence-corrected chi connectivity index (χ0v) is 12.5. The molecular formula is C16H16N2O2S. The number of allylic oxidation sites excluding steroid dienone is 1. The van der Waals surface area contributed by atoms with Gasteiger partial charge in [-0.1, -0.05) is 42.0 Å². The van der Waals surface area contributed by atoms with Gasteiger partial charge in [-0.3, -0.25) is 14.3 Å². The molecule has 0 spiro atoms. The van der Waals surface area contributed by atoms with Crippen LogP contribution in [-0.2, 0) is 6.54 Å². The molecule has 0 atom stereocenters. The van der Waals surface area contributed by atoms with Crippen LogP contribution in [0.5, 0.6) is 5.88 Å².